The molecule has 0 fully saturated rings. The molecule has 3 aromatic rings. The van der Waals surface area contributed by atoms with E-state index in [1.807, 2.05) is 0 Å². The Bertz CT molecular complexity index is 1340. The first-order valence-electron chi connectivity index (χ1n) is 12.9. The second-order valence-corrected chi connectivity index (χ2v) is 11.1. The minimum atomic E-state index is -4.17. The number of imidazole rings is 1. The number of aromatic nitrogens is 4. The zero-order valence-corrected chi connectivity index (χ0v) is 24.4. The number of aliphatic hydroxyl groups is 1. The molecule has 0 amide bonds. The Balaban J connectivity index is 1.79. The molecular formula is C25H36FN6O8P. The van der Waals surface area contributed by atoms with Crippen LogP contribution in [0.15, 0.2) is 36.7 Å². The van der Waals surface area contributed by atoms with Crippen LogP contribution in [0.25, 0.3) is 11.2 Å². The van der Waals surface area contributed by atoms with E-state index in [0.29, 0.717) is 0 Å². The molecule has 0 saturated carbocycles. The van der Waals surface area contributed by atoms with Crippen molar-refractivity contribution >= 4 is 30.8 Å². The third kappa shape index (κ3) is 8.57. The van der Waals surface area contributed by atoms with Gasteiger partial charge >= 0.3 is 13.7 Å². The van der Waals surface area contributed by atoms with E-state index in [4.69, 9.17) is 29.0 Å². The number of halogens is 1. The van der Waals surface area contributed by atoms with E-state index in [0.717, 1.165) is 6.92 Å². The molecule has 41 heavy (non-hydrogen) atoms. The molecular weight excluding hydrogens is 562 g/mol. The SMILES string of the molecule is CCOc1nc(N)nc2c1ncn2[C@H](OCCO[P@@](=O)(N[C@H](C)C(=O)OC(C)C)Oc1ccccc1)[C@](C)(F)CO. The molecule has 16 heteroatoms. The quantitative estimate of drug-likeness (QED) is 0.124. The van der Waals surface area contributed by atoms with Gasteiger partial charge < -0.3 is 29.6 Å². The van der Waals surface area contributed by atoms with Crippen LogP contribution in [0, 0.1) is 0 Å². The van der Waals surface area contributed by atoms with Gasteiger partial charge in [-0.25, -0.2) is 13.9 Å². The number of ether oxygens (including phenoxy) is 3. The highest BCUT2D eigenvalue weighted by Crippen LogP contribution is 2.45. The number of alkyl halides is 1. The lowest BCUT2D eigenvalue weighted by atomic mass is 10.1. The molecule has 0 aliphatic rings. The van der Waals surface area contributed by atoms with Crippen molar-refractivity contribution in [2.24, 2.45) is 0 Å². The first kappa shape index (κ1) is 32.2. The average Bonchev–Trinajstić information content (AvgIpc) is 3.32. The summed E-state index contributed by atoms with van der Waals surface area (Å²) in [6.07, 6.45) is -0.599. The average molecular weight is 599 g/mol. The van der Waals surface area contributed by atoms with E-state index in [1.54, 1.807) is 51.1 Å². The van der Waals surface area contributed by atoms with Gasteiger partial charge in [0.25, 0.3) is 0 Å². The highest BCUT2D eigenvalue weighted by atomic mass is 31.2. The minimum absolute atomic E-state index is 0.107. The second kappa shape index (κ2) is 14.0. The summed E-state index contributed by atoms with van der Waals surface area (Å²) < 4.78 is 57.9. The fraction of sp³-hybridized carbons (Fsp3) is 0.520. The molecule has 226 valence electrons. The summed E-state index contributed by atoms with van der Waals surface area (Å²) in [4.78, 5) is 24.7. The normalized spacial score (nSPS) is 16.1. The van der Waals surface area contributed by atoms with E-state index in [2.05, 4.69) is 20.0 Å². The van der Waals surface area contributed by atoms with Crippen LogP contribution in [0.1, 0.15) is 40.8 Å². The van der Waals surface area contributed by atoms with E-state index in [1.165, 1.54) is 17.8 Å². The number of esters is 1. The summed E-state index contributed by atoms with van der Waals surface area (Å²) >= 11 is 0. The number of anilines is 1. The van der Waals surface area contributed by atoms with E-state index in [9.17, 15) is 14.5 Å². The molecule has 0 radical (unpaired) electrons. The smallest absolute Gasteiger partial charge is 0.459 e. The van der Waals surface area contributed by atoms with Gasteiger partial charge in [-0.1, -0.05) is 18.2 Å². The van der Waals surface area contributed by atoms with Crippen molar-refractivity contribution in [1.82, 2.24) is 24.6 Å². The summed E-state index contributed by atoms with van der Waals surface area (Å²) in [5, 5.41) is 12.3. The Morgan fingerprint density at radius 3 is 2.56 bits per heavy atom. The standard InChI is InChI=1S/C25H36FN6O8P/c1-6-36-21-19-20(29-24(27)30-21)32(15-28-19)23(25(5,26)14-33)37-12-13-38-41(35,40-18-10-8-7-9-11-18)31-17(4)22(34)39-16(2)3/h7-11,15-17,23,33H,6,12-14H2,1-5H3,(H,31,35)(H2,27,29,30)/t17-,23-,25-,41+/m1/s1. The summed E-state index contributed by atoms with van der Waals surface area (Å²) in [5.41, 5.74) is 3.82. The number of rotatable bonds is 16. The van der Waals surface area contributed by atoms with Crippen LogP contribution in [0.2, 0.25) is 0 Å². The molecule has 0 unspecified atom stereocenters. The van der Waals surface area contributed by atoms with Crippen molar-refractivity contribution in [1.29, 1.82) is 0 Å². The number of para-hydroxylation sites is 1. The van der Waals surface area contributed by atoms with Crippen LogP contribution in [0.3, 0.4) is 0 Å². The molecule has 4 N–H and O–H groups in total. The van der Waals surface area contributed by atoms with Gasteiger partial charge in [0.05, 0.1) is 38.9 Å². The number of nitrogens with two attached hydrogens (primary N) is 1. The first-order valence-corrected chi connectivity index (χ1v) is 14.4. The molecule has 3 rings (SSSR count). The molecule has 2 aromatic heterocycles. The van der Waals surface area contributed by atoms with Crippen LogP contribution >= 0.6 is 7.75 Å². The van der Waals surface area contributed by atoms with Gasteiger partial charge in [0, 0.05) is 0 Å². The maximum absolute atomic E-state index is 15.5. The van der Waals surface area contributed by atoms with Crippen molar-refractivity contribution < 1.29 is 42.1 Å². The van der Waals surface area contributed by atoms with Crippen LogP contribution in [0.5, 0.6) is 11.6 Å². The van der Waals surface area contributed by atoms with Gasteiger partial charge in [-0.2, -0.15) is 15.1 Å². The number of nitrogen functional groups attached to an aromatic ring is 1. The van der Waals surface area contributed by atoms with Crippen molar-refractivity contribution in [3.05, 3.63) is 36.7 Å². The number of hydrogen-bond donors (Lipinski definition) is 3. The number of nitrogens with zero attached hydrogens (tertiary/aromatic N) is 4. The zero-order chi connectivity index (χ0) is 30.2. The van der Waals surface area contributed by atoms with Crippen LogP contribution in [-0.2, 0) is 23.4 Å². The van der Waals surface area contributed by atoms with Gasteiger partial charge in [-0.3, -0.25) is 13.9 Å². The zero-order valence-electron chi connectivity index (χ0n) is 23.5. The molecule has 0 spiro atoms. The van der Waals surface area contributed by atoms with E-state index in [-0.39, 0.29) is 48.6 Å². The fourth-order valence-electron chi connectivity index (χ4n) is 3.59. The summed E-state index contributed by atoms with van der Waals surface area (Å²) in [5.74, 6) is -0.469. The van der Waals surface area contributed by atoms with Crippen LogP contribution in [-0.4, -0.2) is 74.8 Å². The Hall–Kier alpha value is -3.36. The second-order valence-electron chi connectivity index (χ2n) is 9.37. The topological polar surface area (TPSA) is 182 Å². The number of fused-ring (bicyclic) bond motifs is 1. The van der Waals surface area contributed by atoms with Crippen LogP contribution in [0.4, 0.5) is 10.3 Å². The Morgan fingerprint density at radius 1 is 1.22 bits per heavy atom. The molecule has 0 bridgehead atoms. The number of benzene rings is 1. The lowest BCUT2D eigenvalue weighted by Gasteiger charge is -2.30. The highest BCUT2D eigenvalue weighted by molar-refractivity contribution is 7.52. The number of carbonyl (C=O) groups is 1. The van der Waals surface area contributed by atoms with Gasteiger partial charge in [0.1, 0.15) is 11.8 Å². The third-order valence-corrected chi connectivity index (χ3v) is 7.09. The van der Waals surface area contributed by atoms with Crippen molar-refractivity contribution in [3.63, 3.8) is 0 Å². The van der Waals surface area contributed by atoms with Crippen LogP contribution < -0.4 is 20.1 Å². The van der Waals surface area contributed by atoms with Gasteiger partial charge in [0.2, 0.25) is 11.8 Å². The first-order chi connectivity index (χ1) is 19.4. The number of nitrogens with one attached hydrogen (secondary N) is 1. The highest BCUT2D eigenvalue weighted by Gasteiger charge is 2.38. The molecule has 0 aliphatic heterocycles. The van der Waals surface area contributed by atoms with Gasteiger partial charge in [0.15, 0.2) is 23.1 Å². The monoisotopic (exact) mass is 598 g/mol. The number of hydrogen-bond acceptors (Lipinski definition) is 12. The maximum atomic E-state index is 15.5. The summed E-state index contributed by atoms with van der Waals surface area (Å²) in [6, 6.07) is 7.16. The molecule has 1 aromatic carbocycles. The lowest BCUT2D eigenvalue weighted by Crippen LogP contribution is -2.38. The maximum Gasteiger partial charge on any atom is 0.459 e. The molecule has 4 atom stereocenters. The Kier molecular flexibility index (Phi) is 11.0. The fourth-order valence-corrected chi connectivity index (χ4v) is 5.06. The largest absolute Gasteiger partial charge is 0.476 e. The molecule has 0 aliphatic carbocycles. The van der Waals surface area contributed by atoms with Gasteiger partial charge in [-0.05, 0) is 46.8 Å². The number of aliphatic hydroxyl groups excluding tert-OH is 1. The minimum Gasteiger partial charge on any atom is -0.476 e. The third-order valence-electron chi connectivity index (χ3n) is 5.41. The lowest BCUT2D eigenvalue weighted by molar-refractivity contribution is -0.149. The number of carbonyl (C=O) groups excluding carboxylic acids is 1. The van der Waals surface area contributed by atoms with Gasteiger partial charge in [-0.15, -0.1) is 0 Å². The Labute approximate surface area is 236 Å². The molecule has 2 heterocycles. The Morgan fingerprint density at radius 2 is 1.93 bits per heavy atom. The van der Waals surface area contributed by atoms with Crippen molar-refractivity contribution in [2.45, 2.75) is 58.7 Å². The van der Waals surface area contributed by atoms with E-state index >= 15 is 4.39 Å². The van der Waals surface area contributed by atoms with E-state index < -0.39 is 44.4 Å². The predicted octanol–water partition coefficient (Wildman–Crippen LogP) is 3.18. The predicted molar refractivity (Wildman–Crippen MR) is 147 cm³/mol. The summed E-state index contributed by atoms with van der Waals surface area (Å²) in [6.45, 7) is 6.37. The molecule has 14 nitrogen and oxygen atoms in total. The van der Waals surface area contributed by atoms with Crippen molar-refractivity contribution in [2.75, 3.05) is 32.2 Å². The molecule has 0 saturated heterocycles. The summed E-state index contributed by atoms with van der Waals surface area (Å²) in [7, 11) is -4.17. The van der Waals surface area contributed by atoms with Crippen molar-refractivity contribution in [3.8, 4) is 11.6 Å².